The third kappa shape index (κ3) is 4.55. The van der Waals surface area contributed by atoms with Crippen LogP contribution < -0.4 is 10.1 Å². The zero-order chi connectivity index (χ0) is 13.7. The summed E-state index contributed by atoms with van der Waals surface area (Å²) in [6.07, 6.45) is -0.885. The Hall–Kier alpha value is -1.26. The van der Waals surface area contributed by atoms with E-state index in [1.54, 1.807) is 18.2 Å². The minimum absolute atomic E-state index is 0.328. The quantitative estimate of drug-likeness (QED) is 0.835. The molecule has 1 aromatic carbocycles. The van der Waals surface area contributed by atoms with Gasteiger partial charge in [-0.05, 0) is 25.1 Å². The van der Waals surface area contributed by atoms with Gasteiger partial charge in [-0.15, -0.1) is 0 Å². The largest absolute Gasteiger partial charge is 0.479 e. The number of ether oxygens (including phenoxy) is 1. The highest BCUT2D eigenvalue weighted by atomic mass is 35.5. The van der Waals surface area contributed by atoms with Gasteiger partial charge in [0.1, 0.15) is 5.75 Å². The Kier molecular flexibility index (Phi) is 5.44. The van der Waals surface area contributed by atoms with E-state index in [0.29, 0.717) is 23.4 Å². The van der Waals surface area contributed by atoms with Gasteiger partial charge in [-0.1, -0.05) is 25.4 Å². The van der Waals surface area contributed by atoms with Gasteiger partial charge < -0.3 is 15.2 Å². The molecule has 1 aromatic rings. The maximum Gasteiger partial charge on any atom is 0.344 e. The van der Waals surface area contributed by atoms with Crippen LogP contribution in [0.3, 0.4) is 0 Å². The smallest absolute Gasteiger partial charge is 0.344 e. The fraction of sp³-hybridized carbons (Fsp3) is 0.462. The number of aliphatic carboxylic acids is 1. The van der Waals surface area contributed by atoms with Gasteiger partial charge in [0.25, 0.3) is 0 Å². The van der Waals surface area contributed by atoms with Crippen LogP contribution in [0.2, 0.25) is 5.02 Å². The summed E-state index contributed by atoms with van der Waals surface area (Å²) in [4.78, 5) is 10.8. The first-order valence-electron chi connectivity index (χ1n) is 5.81. The van der Waals surface area contributed by atoms with E-state index < -0.39 is 12.1 Å². The van der Waals surface area contributed by atoms with Gasteiger partial charge in [-0.3, -0.25) is 0 Å². The molecule has 0 aliphatic rings. The van der Waals surface area contributed by atoms with Crippen molar-refractivity contribution in [2.75, 3.05) is 0 Å². The second-order valence-corrected chi connectivity index (χ2v) is 4.82. The predicted molar refractivity (Wildman–Crippen MR) is 71.2 cm³/mol. The summed E-state index contributed by atoms with van der Waals surface area (Å²) in [7, 11) is 0. The summed E-state index contributed by atoms with van der Waals surface area (Å²) in [6.45, 7) is 6.15. The normalized spacial score (nSPS) is 12.5. The Bertz CT molecular complexity index is 421. The molecule has 0 aromatic heterocycles. The van der Waals surface area contributed by atoms with E-state index in [9.17, 15) is 4.79 Å². The number of rotatable bonds is 6. The minimum Gasteiger partial charge on any atom is -0.479 e. The van der Waals surface area contributed by atoms with E-state index in [-0.39, 0.29) is 0 Å². The van der Waals surface area contributed by atoms with Gasteiger partial charge in [-0.25, -0.2) is 4.79 Å². The van der Waals surface area contributed by atoms with Crippen molar-refractivity contribution in [2.24, 2.45) is 0 Å². The van der Waals surface area contributed by atoms with E-state index in [1.807, 2.05) is 13.8 Å². The number of carbonyl (C=O) groups is 1. The molecular weight excluding hydrogens is 254 g/mol. The van der Waals surface area contributed by atoms with Crippen LogP contribution in [0.1, 0.15) is 26.3 Å². The third-order valence-corrected chi connectivity index (χ3v) is 2.61. The van der Waals surface area contributed by atoms with E-state index >= 15 is 0 Å². The average Bonchev–Trinajstić information content (AvgIpc) is 2.29. The molecule has 1 unspecified atom stereocenters. The van der Waals surface area contributed by atoms with E-state index in [1.165, 1.54) is 6.92 Å². The van der Waals surface area contributed by atoms with Gasteiger partial charge in [0.15, 0.2) is 6.10 Å². The molecule has 2 N–H and O–H groups in total. The van der Waals surface area contributed by atoms with Crippen molar-refractivity contribution in [3.05, 3.63) is 28.8 Å². The number of nitrogens with one attached hydrogen (secondary N) is 1. The van der Waals surface area contributed by atoms with Gasteiger partial charge in [0, 0.05) is 23.2 Å². The number of carboxylic acid groups (broad SMARTS) is 1. The van der Waals surface area contributed by atoms with Crippen molar-refractivity contribution in [3.63, 3.8) is 0 Å². The van der Waals surface area contributed by atoms with Crippen LogP contribution in [0, 0.1) is 0 Å². The maximum absolute atomic E-state index is 10.8. The van der Waals surface area contributed by atoms with Crippen LogP contribution in [-0.2, 0) is 11.3 Å². The SMILES string of the molecule is CC(C)NCc1cc(Cl)ccc1OC(C)C(=O)O. The molecule has 1 rings (SSSR count). The molecule has 0 saturated carbocycles. The Morgan fingerprint density at radius 2 is 2.11 bits per heavy atom. The molecule has 0 saturated heterocycles. The number of halogens is 1. The van der Waals surface area contributed by atoms with E-state index in [4.69, 9.17) is 21.4 Å². The Morgan fingerprint density at radius 3 is 2.67 bits per heavy atom. The predicted octanol–water partition coefficient (Wildman–Crippen LogP) is 2.69. The highest BCUT2D eigenvalue weighted by Crippen LogP contribution is 2.24. The van der Waals surface area contributed by atoms with Crippen molar-refractivity contribution < 1.29 is 14.6 Å². The summed E-state index contributed by atoms with van der Waals surface area (Å²) < 4.78 is 5.40. The van der Waals surface area contributed by atoms with Gasteiger partial charge in [0.05, 0.1) is 0 Å². The van der Waals surface area contributed by atoms with Crippen LogP contribution in [-0.4, -0.2) is 23.2 Å². The highest BCUT2D eigenvalue weighted by molar-refractivity contribution is 6.30. The molecular formula is C13H18ClNO3. The lowest BCUT2D eigenvalue weighted by Gasteiger charge is -2.16. The van der Waals surface area contributed by atoms with Crippen molar-refractivity contribution >= 4 is 17.6 Å². The molecule has 5 heteroatoms. The van der Waals surface area contributed by atoms with E-state index in [2.05, 4.69) is 5.32 Å². The number of hydrogen-bond acceptors (Lipinski definition) is 3. The minimum atomic E-state index is -0.993. The zero-order valence-electron chi connectivity index (χ0n) is 10.7. The molecule has 100 valence electrons. The molecule has 0 amide bonds. The monoisotopic (exact) mass is 271 g/mol. The molecule has 0 radical (unpaired) electrons. The molecule has 0 bridgehead atoms. The molecule has 18 heavy (non-hydrogen) atoms. The second-order valence-electron chi connectivity index (χ2n) is 4.39. The summed E-state index contributed by atoms with van der Waals surface area (Å²) >= 11 is 5.93. The van der Waals surface area contributed by atoms with Gasteiger partial charge in [-0.2, -0.15) is 0 Å². The van der Waals surface area contributed by atoms with Crippen molar-refractivity contribution in [2.45, 2.75) is 39.5 Å². The topological polar surface area (TPSA) is 58.6 Å². The summed E-state index contributed by atoms with van der Waals surface area (Å²) in [5.74, 6) is -0.449. The highest BCUT2D eigenvalue weighted by Gasteiger charge is 2.15. The lowest BCUT2D eigenvalue weighted by molar-refractivity contribution is -0.144. The first-order valence-corrected chi connectivity index (χ1v) is 6.19. The second kappa shape index (κ2) is 6.61. The lowest BCUT2D eigenvalue weighted by Crippen LogP contribution is -2.25. The first kappa shape index (κ1) is 14.8. The van der Waals surface area contributed by atoms with E-state index in [0.717, 1.165) is 5.56 Å². The molecule has 1 atom stereocenters. The summed E-state index contributed by atoms with van der Waals surface area (Å²) in [5, 5.41) is 12.7. The number of carboxylic acids is 1. The standard InChI is InChI=1S/C13H18ClNO3/c1-8(2)15-7-10-6-11(14)4-5-12(10)18-9(3)13(16)17/h4-6,8-9,15H,7H2,1-3H3,(H,16,17). The Labute approximate surface area is 112 Å². The fourth-order valence-electron chi connectivity index (χ4n) is 1.36. The number of benzene rings is 1. The number of hydrogen-bond donors (Lipinski definition) is 2. The van der Waals surface area contributed by atoms with Crippen LogP contribution in [0.4, 0.5) is 0 Å². The summed E-state index contributed by atoms with van der Waals surface area (Å²) in [5.41, 5.74) is 0.851. The van der Waals surface area contributed by atoms with Crippen molar-refractivity contribution in [3.8, 4) is 5.75 Å². The van der Waals surface area contributed by atoms with Gasteiger partial charge >= 0.3 is 5.97 Å². The molecule has 0 aliphatic carbocycles. The fourth-order valence-corrected chi connectivity index (χ4v) is 1.55. The van der Waals surface area contributed by atoms with Crippen LogP contribution in [0.25, 0.3) is 0 Å². The Balaban J connectivity index is 2.85. The zero-order valence-corrected chi connectivity index (χ0v) is 11.5. The molecule has 0 heterocycles. The van der Waals surface area contributed by atoms with Crippen LogP contribution in [0.15, 0.2) is 18.2 Å². The molecule has 0 aliphatic heterocycles. The maximum atomic E-state index is 10.8. The molecule has 0 spiro atoms. The third-order valence-electron chi connectivity index (χ3n) is 2.37. The molecule has 0 fully saturated rings. The van der Waals surface area contributed by atoms with Crippen LogP contribution >= 0.6 is 11.6 Å². The molecule has 4 nitrogen and oxygen atoms in total. The lowest BCUT2D eigenvalue weighted by atomic mass is 10.2. The average molecular weight is 272 g/mol. The summed E-state index contributed by atoms with van der Waals surface area (Å²) in [6, 6.07) is 5.48. The van der Waals surface area contributed by atoms with Crippen LogP contribution in [0.5, 0.6) is 5.75 Å². The Morgan fingerprint density at radius 1 is 1.44 bits per heavy atom. The van der Waals surface area contributed by atoms with Crippen molar-refractivity contribution in [1.29, 1.82) is 0 Å². The first-order chi connectivity index (χ1) is 8.40. The van der Waals surface area contributed by atoms with Crippen molar-refractivity contribution in [1.82, 2.24) is 5.32 Å². The van der Waals surface area contributed by atoms with Gasteiger partial charge in [0.2, 0.25) is 0 Å².